The smallest absolute Gasteiger partial charge is 0.189 e. The van der Waals surface area contributed by atoms with E-state index >= 15 is 0 Å². The topological polar surface area (TPSA) is 34.5 Å². The van der Waals surface area contributed by atoms with E-state index in [9.17, 15) is 0 Å². The van der Waals surface area contributed by atoms with E-state index in [0.29, 0.717) is 6.04 Å². The highest BCUT2D eigenvalue weighted by Gasteiger charge is 2.28. The van der Waals surface area contributed by atoms with E-state index < -0.39 is 0 Å². The van der Waals surface area contributed by atoms with Crippen LogP contribution in [0.25, 0.3) is 0 Å². The minimum atomic E-state index is 0.406. The molecule has 1 atom stereocenters. The Hall–Kier alpha value is -1.38. The van der Waals surface area contributed by atoms with Gasteiger partial charge in [-0.1, -0.05) is 25.3 Å². The number of hydrogen-bond acceptors (Lipinski definition) is 3. The highest BCUT2D eigenvalue weighted by Crippen LogP contribution is 2.30. The second-order valence-electron chi connectivity index (χ2n) is 5.30. The van der Waals surface area contributed by atoms with Crippen LogP contribution in [0.5, 0.6) is 0 Å². The molecule has 3 heteroatoms. The Morgan fingerprint density at radius 1 is 1.17 bits per heavy atom. The van der Waals surface area contributed by atoms with E-state index in [2.05, 4.69) is 4.98 Å². The fourth-order valence-electron chi connectivity index (χ4n) is 2.96. The summed E-state index contributed by atoms with van der Waals surface area (Å²) in [6.07, 6.45) is 9.35. The third kappa shape index (κ3) is 2.71. The van der Waals surface area contributed by atoms with Crippen molar-refractivity contribution in [3.05, 3.63) is 30.1 Å². The highest BCUT2D eigenvalue weighted by molar-refractivity contribution is 5.79. The number of ether oxygens (including phenoxy) is 1. The van der Waals surface area contributed by atoms with Crippen LogP contribution in [0, 0.1) is 5.92 Å². The molecule has 0 amide bonds. The first-order valence-electron chi connectivity index (χ1n) is 7.01. The number of nitrogens with zero attached hydrogens (tertiary/aromatic N) is 2. The molecule has 3 nitrogen and oxygen atoms in total. The summed E-state index contributed by atoms with van der Waals surface area (Å²) in [5.41, 5.74) is 1.04. The minimum Gasteiger partial charge on any atom is -0.478 e. The zero-order valence-electron chi connectivity index (χ0n) is 10.7. The van der Waals surface area contributed by atoms with Crippen LogP contribution in [0.15, 0.2) is 29.4 Å². The third-order valence-corrected chi connectivity index (χ3v) is 3.98. The summed E-state index contributed by atoms with van der Waals surface area (Å²) < 4.78 is 5.73. The zero-order chi connectivity index (χ0) is 12.2. The predicted octanol–water partition coefficient (Wildman–Crippen LogP) is 3.00. The van der Waals surface area contributed by atoms with Crippen molar-refractivity contribution in [2.24, 2.45) is 10.9 Å². The first-order valence-corrected chi connectivity index (χ1v) is 7.01. The molecule has 1 aromatic heterocycles. The van der Waals surface area contributed by atoms with Gasteiger partial charge in [0.05, 0.1) is 12.5 Å². The molecule has 96 valence electrons. The Morgan fingerprint density at radius 3 is 2.83 bits per heavy atom. The fourth-order valence-corrected chi connectivity index (χ4v) is 2.96. The van der Waals surface area contributed by atoms with Crippen molar-refractivity contribution in [1.82, 2.24) is 4.98 Å². The van der Waals surface area contributed by atoms with Gasteiger partial charge in [0, 0.05) is 11.9 Å². The summed E-state index contributed by atoms with van der Waals surface area (Å²) in [6, 6.07) is 6.38. The van der Waals surface area contributed by atoms with Crippen molar-refractivity contribution in [1.29, 1.82) is 0 Å². The quantitative estimate of drug-likeness (QED) is 0.819. The Bertz CT molecular complexity index is 410. The lowest BCUT2D eigenvalue weighted by Crippen LogP contribution is -2.22. The van der Waals surface area contributed by atoms with Gasteiger partial charge in [0.15, 0.2) is 5.90 Å². The Labute approximate surface area is 108 Å². The van der Waals surface area contributed by atoms with Crippen LogP contribution in [0.4, 0.5) is 0 Å². The first-order chi connectivity index (χ1) is 8.92. The second kappa shape index (κ2) is 5.51. The Morgan fingerprint density at radius 2 is 2.06 bits per heavy atom. The van der Waals surface area contributed by atoms with Crippen molar-refractivity contribution >= 4 is 5.90 Å². The standard InChI is InChI=1S/C15H20N2O/c1-2-6-12(7-3-1)14-11-18-15(17-14)10-13-8-4-5-9-16-13/h4-5,8-9,12,14H,1-3,6-7,10-11H2. The van der Waals surface area contributed by atoms with Gasteiger partial charge in [0.1, 0.15) is 6.61 Å². The molecule has 1 fully saturated rings. The summed E-state index contributed by atoms with van der Waals surface area (Å²) >= 11 is 0. The van der Waals surface area contributed by atoms with E-state index in [1.807, 2.05) is 24.4 Å². The lowest BCUT2D eigenvalue weighted by molar-refractivity contribution is 0.238. The summed E-state index contributed by atoms with van der Waals surface area (Å²) in [5, 5.41) is 0. The summed E-state index contributed by atoms with van der Waals surface area (Å²) in [4.78, 5) is 9.08. The van der Waals surface area contributed by atoms with E-state index in [1.165, 1.54) is 32.1 Å². The molecule has 1 aliphatic carbocycles. The van der Waals surface area contributed by atoms with Gasteiger partial charge in [-0.3, -0.25) is 4.98 Å². The molecule has 0 aromatic carbocycles. The summed E-state index contributed by atoms with van der Waals surface area (Å²) in [6.45, 7) is 0.785. The lowest BCUT2D eigenvalue weighted by atomic mass is 9.84. The van der Waals surface area contributed by atoms with Crippen molar-refractivity contribution < 1.29 is 4.74 Å². The Kier molecular flexibility index (Phi) is 3.58. The molecule has 0 radical (unpaired) electrons. The van der Waals surface area contributed by atoms with Crippen LogP contribution < -0.4 is 0 Å². The van der Waals surface area contributed by atoms with Gasteiger partial charge >= 0.3 is 0 Å². The zero-order valence-corrected chi connectivity index (χ0v) is 10.7. The van der Waals surface area contributed by atoms with E-state index in [4.69, 9.17) is 9.73 Å². The number of pyridine rings is 1. The minimum absolute atomic E-state index is 0.406. The first kappa shape index (κ1) is 11.7. The highest BCUT2D eigenvalue weighted by atomic mass is 16.5. The largest absolute Gasteiger partial charge is 0.478 e. The normalized spacial score (nSPS) is 24.7. The summed E-state index contributed by atoms with van der Waals surface area (Å²) in [7, 11) is 0. The third-order valence-electron chi connectivity index (χ3n) is 3.98. The molecule has 18 heavy (non-hydrogen) atoms. The number of hydrogen-bond donors (Lipinski definition) is 0. The molecule has 1 saturated carbocycles. The molecule has 0 saturated heterocycles. The van der Waals surface area contributed by atoms with Crippen LogP contribution in [-0.4, -0.2) is 23.5 Å². The van der Waals surface area contributed by atoms with Gasteiger partial charge < -0.3 is 4.74 Å². The van der Waals surface area contributed by atoms with E-state index in [1.54, 1.807) is 0 Å². The predicted molar refractivity (Wildman–Crippen MR) is 71.7 cm³/mol. The van der Waals surface area contributed by atoms with Crippen LogP contribution >= 0.6 is 0 Å². The van der Waals surface area contributed by atoms with Crippen LogP contribution in [0.1, 0.15) is 37.8 Å². The maximum Gasteiger partial charge on any atom is 0.189 e. The molecule has 1 aliphatic heterocycles. The summed E-state index contributed by atoms with van der Waals surface area (Å²) in [5.74, 6) is 1.63. The van der Waals surface area contributed by atoms with E-state index in [0.717, 1.165) is 30.5 Å². The maximum absolute atomic E-state index is 5.73. The average Bonchev–Trinajstić information content (AvgIpc) is 2.89. The number of aliphatic imine (C=N–C) groups is 1. The van der Waals surface area contributed by atoms with Crippen molar-refractivity contribution in [2.45, 2.75) is 44.6 Å². The van der Waals surface area contributed by atoms with Crippen molar-refractivity contribution in [2.75, 3.05) is 6.61 Å². The van der Waals surface area contributed by atoms with Gasteiger partial charge in [-0.15, -0.1) is 0 Å². The Balaban J connectivity index is 1.61. The molecule has 1 aromatic rings. The molecule has 2 aliphatic rings. The molecule has 0 N–H and O–H groups in total. The lowest BCUT2D eigenvalue weighted by Gasteiger charge is -2.24. The molecule has 0 bridgehead atoms. The van der Waals surface area contributed by atoms with Gasteiger partial charge in [-0.25, -0.2) is 4.99 Å². The SMILES string of the molecule is c1ccc(CC2=NC(C3CCCCC3)CO2)nc1. The van der Waals surface area contributed by atoms with Crippen molar-refractivity contribution in [3.8, 4) is 0 Å². The van der Waals surface area contributed by atoms with E-state index in [-0.39, 0.29) is 0 Å². The van der Waals surface area contributed by atoms with Gasteiger partial charge in [0.25, 0.3) is 0 Å². The van der Waals surface area contributed by atoms with Crippen molar-refractivity contribution in [3.63, 3.8) is 0 Å². The van der Waals surface area contributed by atoms with Crippen LogP contribution in [0.3, 0.4) is 0 Å². The average molecular weight is 244 g/mol. The molecule has 2 heterocycles. The van der Waals surface area contributed by atoms with Gasteiger partial charge in [-0.05, 0) is 30.9 Å². The van der Waals surface area contributed by atoms with Crippen LogP contribution in [0.2, 0.25) is 0 Å². The fraction of sp³-hybridized carbons (Fsp3) is 0.600. The molecular formula is C15H20N2O. The maximum atomic E-state index is 5.73. The second-order valence-corrected chi connectivity index (χ2v) is 5.30. The van der Waals surface area contributed by atoms with Gasteiger partial charge in [0.2, 0.25) is 0 Å². The molecule has 0 spiro atoms. The van der Waals surface area contributed by atoms with Crippen LogP contribution in [-0.2, 0) is 11.2 Å². The molecule has 1 unspecified atom stereocenters. The monoisotopic (exact) mass is 244 g/mol. The number of aromatic nitrogens is 1. The molecule has 3 rings (SSSR count). The number of rotatable bonds is 3. The van der Waals surface area contributed by atoms with Gasteiger partial charge in [-0.2, -0.15) is 0 Å². The molecular weight excluding hydrogens is 224 g/mol.